The molecule has 0 unspecified atom stereocenters. The highest BCUT2D eigenvalue weighted by molar-refractivity contribution is 5.76. The lowest BCUT2D eigenvalue weighted by molar-refractivity contribution is -0.121. The third-order valence-electron chi connectivity index (χ3n) is 3.83. The SMILES string of the molecule is COc1ccc(CCC(=O)NCc2c(C)n[nH]c2C)cc1OC. The Morgan fingerprint density at radius 1 is 1.22 bits per heavy atom. The zero-order valence-corrected chi connectivity index (χ0v) is 14.0. The monoisotopic (exact) mass is 317 g/mol. The van der Waals surface area contributed by atoms with Crippen LogP contribution in [0.5, 0.6) is 11.5 Å². The zero-order chi connectivity index (χ0) is 16.8. The Bertz CT molecular complexity index is 660. The van der Waals surface area contributed by atoms with Crippen molar-refractivity contribution in [1.82, 2.24) is 15.5 Å². The maximum Gasteiger partial charge on any atom is 0.220 e. The molecule has 0 fully saturated rings. The summed E-state index contributed by atoms with van der Waals surface area (Å²) in [6.07, 6.45) is 1.07. The van der Waals surface area contributed by atoms with Crippen LogP contribution in [0.4, 0.5) is 0 Å². The predicted octanol–water partition coefficient (Wildman–Crippen LogP) is 2.29. The Hall–Kier alpha value is -2.50. The number of aromatic amines is 1. The van der Waals surface area contributed by atoms with Gasteiger partial charge in [0.05, 0.1) is 19.9 Å². The third-order valence-corrected chi connectivity index (χ3v) is 3.83. The number of methoxy groups -OCH3 is 2. The molecular weight excluding hydrogens is 294 g/mol. The van der Waals surface area contributed by atoms with Crippen LogP contribution >= 0.6 is 0 Å². The average molecular weight is 317 g/mol. The molecule has 0 aliphatic heterocycles. The fourth-order valence-corrected chi connectivity index (χ4v) is 2.40. The van der Waals surface area contributed by atoms with Crippen molar-refractivity contribution in [1.29, 1.82) is 0 Å². The number of aryl methyl sites for hydroxylation is 3. The molecule has 6 heteroatoms. The van der Waals surface area contributed by atoms with Gasteiger partial charge in [-0.1, -0.05) is 6.07 Å². The number of nitrogens with zero attached hydrogens (tertiary/aromatic N) is 1. The molecule has 1 heterocycles. The first-order valence-corrected chi connectivity index (χ1v) is 7.53. The number of benzene rings is 1. The van der Waals surface area contributed by atoms with E-state index in [9.17, 15) is 4.79 Å². The Kier molecular flexibility index (Phi) is 5.62. The summed E-state index contributed by atoms with van der Waals surface area (Å²) < 4.78 is 10.5. The number of H-pyrrole nitrogens is 1. The van der Waals surface area contributed by atoms with E-state index in [-0.39, 0.29) is 5.91 Å². The van der Waals surface area contributed by atoms with Gasteiger partial charge in [-0.15, -0.1) is 0 Å². The maximum absolute atomic E-state index is 12.0. The van der Waals surface area contributed by atoms with Gasteiger partial charge in [0.15, 0.2) is 11.5 Å². The molecule has 1 aromatic heterocycles. The van der Waals surface area contributed by atoms with E-state index >= 15 is 0 Å². The van der Waals surface area contributed by atoms with Gasteiger partial charge in [0.1, 0.15) is 0 Å². The molecule has 0 bridgehead atoms. The summed E-state index contributed by atoms with van der Waals surface area (Å²) in [7, 11) is 3.20. The van der Waals surface area contributed by atoms with Gasteiger partial charge in [-0.05, 0) is 38.0 Å². The van der Waals surface area contributed by atoms with Crippen LogP contribution in [0.25, 0.3) is 0 Å². The molecule has 0 saturated heterocycles. The van der Waals surface area contributed by atoms with Crippen molar-refractivity contribution in [3.8, 4) is 11.5 Å². The second-order valence-electron chi connectivity index (χ2n) is 5.38. The Balaban J connectivity index is 1.87. The predicted molar refractivity (Wildman–Crippen MR) is 87.8 cm³/mol. The van der Waals surface area contributed by atoms with Crippen molar-refractivity contribution < 1.29 is 14.3 Å². The second kappa shape index (κ2) is 7.67. The lowest BCUT2D eigenvalue weighted by Crippen LogP contribution is -2.23. The first-order valence-electron chi connectivity index (χ1n) is 7.53. The Morgan fingerprint density at radius 2 is 1.96 bits per heavy atom. The molecule has 1 amide bonds. The fraction of sp³-hybridized carbons (Fsp3) is 0.412. The van der Waals surface area contributed by atoms with Gasteiger partial charge in [-0.25, -0.2) is 0 Å². The van der Waals surface area contributed by atoms with Gasteiger partial charge in [-0.2, -0.15) is 5.10 Å². The Morgan fingerprint density at radius 3 is 2.57 bits per heavy atom. The fourth-order valence-electron chi connectivity index (χ4n) is 2.40. The van der Waals surface area contributed by atoms with Crippen molar-refractivity contribution in [2.75, 3.05) is 14.2 Å². The number of nitrogens with one attached hydrogen (secondary N) is 2. The smallest absolute Gasteiger partial charge is 0.220 e. The van der Waals surface area contributed by atoms with Crippen LogP contribution in [0, 0.1) is 13.8 Å². The maximum atomic E-state index is 12.0. The number of carbonyl (C=O) groups is 1. The van der Waals surface area contributed by atoms with Crippen molar-refractivity contribution in [2.24, 2.45) is 0 Å². The molecule has 124 valence electrons. The van der Waals surface area contributed by atoms with Crippen LogP contribution < -0.4 is 14.8 Å². The van der Waals surface area contributed by atoms with Gasteiger partial charge >= 0.3 is 0 Å². The van der Waals surface area contributed by atoms with E-state index in [1.165, 1.54) is 0 Å². The largest absolute Gasteiger partial charge is 0.493 e. The van der Waals surface area contributed by atoms with E-state index in [2.05, 4.69) is 15.5 Å². The van der Waals surface area contributed by atoms with Crippen LogP contribution in [-0.2, 0) is 17.8 Å². The number of amides is 1. The molecule has 2 aromatic rings. The molecule has 2 N–H and O–H groups in total. The van der Waals surface area contributed by atoms with Crippen LogP contribution in [0.15, 0.2) is 18.2 Å². The van der Waals surface area contributed by atoms with Crippen molar-refractivity contribution in [3.05, 3.63) is 40.7 Å². The van der Waals surface area contributed by atoms with Crippen molar-refractivity contribution in [2.45, 2.75) is 33.2 Å². The molecule has 0 atom stereocenters. The quantitative estimate of drug-likeness (QED) is 0.821. The average Bonchev–Trinajstić information content (AvgIpc) is 2.89. The summed E-state index contributed by atoms with van der Waals surface area (Å²) in [5.41, 5.74) is 3.99. The molecule has 0 radical (unpaired) electrons. The van der Waals surface area contributed by atoms with E-state index in [1.54, 1.807) is 14.2 Å². The number of rotatable bonds is 7. The van der Waals surface area contributed by atoms with E-state index in [0.717, 1.165) is 22.5 Å². The Labute approximate surface area is 136 Å². The zero-order valence-electron chi connectivity index (χ0n) is 14.0. The van der Waals surface area contributed by atoms with Crippen LogP contribution in [0.2, 0.25) is 0 Å². The third kappa shape index (κ3) is 4.25. The highest BCUT2D eigenvalue weighted by atomic mass is 16.5. The summed E-state index contributed by atoms with van der Waals surface area (Å²) in [4.78, 5) is 12.0. The van der Waals surface area contributed by atoms with E-state index < -0.39 is 0 Å². The number of aromatic nitrogens is 2. The standard InChI is InChI=1S/C17H23N3O3/c1-11-14(12(2)20-19-11)10-18-17(21)8-6-13-5-7-15(22-3)16(9-13)23-4/h5,7,9H,6,8,10H2,1-4H3,(H,18,21)(H,19,20). The van der Waals surface area contributed by atoms with Gasteiger partial charge in [0, 0.05) is 24.2 Å². The molecule has 2 rings (SSSR count). The normalized spacial score (nSPS) is 10.4. The van der Waals surface area contributed by atoms with Gasteiger partial charge < -0.3 is 14.8 Å². The van der Waals surface area contributed by atoms with E-state index in [1.807, 2.05) is 32.0 Å². The number of hydrogen-bond acceptors (Lipinski definition) is 4. The van der Waals surface area contributed by atoms with Gasteiger partial charge in [0.2, 0.25) is 5.91 Å². The first kappa shape index (κ1) is 16.9. The van der Waals surface area contributed by atoms with Crippen molar-refractivity contribution >= 4 is 5.91 Å². The van der Waals surface area contributed by atoms with E-state index in [4.69, 9.17) is 9.47 Å². The summed E-state index contributed by atoms with van der Waals surface area (Å²) in [6, 6.07) is 5.69. The minimum atomic E-state index is 0.0137. The number of ether oxygens (including phenoxy) is 2. The molecule has 0 aliphatic carbocycles. The molecule has 1 aromatic carbocycles. The van der Waals surface area contributed by atoms with Gasteiger partial charge in [-0.3, -0.25) is 9.89 Å². The highest BCUT2D eigenvalue weighted by Gasteiger charge is 2.09. The van der Waals surface area contributed by atoms with Gasteiger partial charge in [0.25, 0.3) is 0 Å². The molecule has 6 nitrogen and oxygen atoms in total. The topological polar surface area (TPSA) is 76.2 Å². The molecule has 0 spiro atoms. The molecule has 0 aliphatic rings. The molecule has 0 saturated carbocycles. The molecule has 23 heavy (non-hydrogen) atoms. The summed E-state index contributed by atoms with van der Waals surface area (Å²) in [5.74, 6) is 1.38. The number of hydrogen-bond donors (Lipinski definition) is 2. The lowest BCUT2D eigenvalue weighted by atomic mass is 10.1. The summed E-state index contributed by atoms with van der Waals surface area (Å²) in [5, 5.41) is 9.97. The molecular formula is C17H23N3O3. The second-order valence-corrected chi connectivity index (χ2v) is 5.38. The number of carbonyl (C=O) groups excluding carboxylic acids is 1. The van der Waals surface area contributed by atoms with E-state index in [0.29, 0.717) is 30.9 Å². The van der Waals surface area contributed by atoms with Crippen LogP contribution in [0.3, 0.4) is 0 Å². The highest BCUT2D eigenvalue weighted by Crippen LogP contribution is 2.27. The first-order chi connectivity index (χ1) is 11.0. The van der Waals surface area contributed by atoms with Crippen molar-refractivity contribution in [3.63, 3.8) is 0 Å². The minimum Gasteiger partial charge on any atom is -0.493 e. The minimum absolute atomic E-state index is 0.0137. The van der Waals surface area contributed by atoms with Crippen LogP contribution in [-0.4, -0.2) is 30.3 Å². The summed E-state index contributed by atoms with van der Waals surface area (Å²) >= 11 is 0. The van der Waals surface area contributed by atoms with Crippen LogP contribution in [0.1, 0.15) is 28.9 Å². The summed E-state index contributed by atoms with van der Waals surface area (Å²) in [6.45, 7) is 4.37. The lowest BCUT2D eigenvalue weighted by Gasteiger charge is -2.10.